The van der Waals surface area contributed by atoms with Crippen LogP contribution in [0, 0.1) is 5.92 Å². The van der Waals surface area contributed by atoms with E-state index in [9.17, 15) is 18.8 Å². The maximum Gasteiger partial charge on any atom is 0.411 e. The number of halogens is 1. The number of likely N-dealkylation sites (tertiary alicyclic amines) is 1. The molecular weight excluding hydrogens is 405 g/mol. The van der Waals surface area contributed by atoms with Crippen LogP contribution in [0.2, 0.25) is 0 Å². The lowest BCUT2D eigenvalue weighted by atomic mass is 10.1. The van der Waals surface area contributed by atoms with Crippen LogP contribution >= 0.6 is 0 Å². The highest BCUT2D eigenvalue weighted by molar-refractivity contribution is 5.91. The number of benzene rings is 1. The summed E-state index contributed by atoms with van der Waals surface area (Å²) in [6.07, 6.45) is 0.421. The number of hydrogen-bond acceptors (Lipinski definition) is 5. The molecule has 3 N–H and O–H groups in total. The molecule has 4 rings (SSSR count). The van der Waals surface area contributed by atoms with Crippen LogP contribution in [-0.4, -0.2) is 51.2 Å². The number of amides is 3. The molecule has 1 aliphatic carbocycles. The number of nitrogens with one attached hydrogen (secondary N) is 1. The molecule has 2 aromatic rings. The fraction of sp³-hybridized carbons (Fsp3) is 0.429. The summed E-state index contributed by atoms with van der Waals surface area (Å²) in [4.78, 5) is 38.6. The van der Waals surface area contributed by atoms with Crippen LogP contribution in [0.3, 0.4) is 0 Å². The number of ether oxygens (including phenoxy) is 1. The van der Waals surface area contributed by atoms with Crippen molar-refractivity contribution < 1.29 is 23.5 Å². The predicted molar refractivity (Wildman–Crippen MR) is 110 cm³/mol. The molecule has 1 aromatic carbocycles. The number of piperidine rings is 1. The van der Waals surface area contributed by atoms with E-state index >= 15 is 0 Å². The molecule has 0 radical (unpaired) electrons. The summed E-state index contributed by atoms with van der Waals surface area (Å²) in [7, 11) is 0. The van der Waals surface area contributed by atoms with Gasteiger partial charge in [-0.15, -0.1) is 5.10 Å². The fourth-order valence-corrected chi connectivity index (χ4v) is 4.11. The number of aromatic nitrogens is 2. The van der Waals surface area contributed by atoms with E-state index in [0.29, 0.717) is 22.9 Å². The van der Waals surface area contributed by atoms with Crippen LogP contribution in [0.15, 0.2) is 35.7 Å². The molecule has 31 heavy (non-hydrogen) atoms. The van der Waals surface area contributed by atoms with Crippen molar-refractivity contribution in [3.05, 3.63) is 35.7 Å². The van der Waals surface area contributed by atoms with Crippen LogP contribution < -0.4 is 15.8 Å². The maximum absolute atomic E-state index is 13.8. The summed E-state index contributed by atoms with van der Waals surface area (Å²) in [5.41, 5.74) is 6.21. The van der Waals surface area contributed by atoms with Crippen molar-refractivity contribution in [2.24, 2.45) is 11.7 Å². The van der Waals surface area contributed by atoms with Gasteiger partial charge < -0.3 is 20.7 Å². The Bertz CT molecular complexity index is 1090. The summed E-state index contributed by atoms with van der Waals surface area (Å²) >= 11 is 0. The molecule has 3 amide bonds. The third-order valence-corrected chi connectivity index (χ3v) is 5.76. The van der Waals surface area contributed by atoms with E-state index in [1.165, 1.54) is 4.68 Å². The number of carbonyl (C=O) groups is 3. The van der Waals surface area contributed by atoms with Crippen LogP contribution in [0.4, 0.5) is 9.18 Å². The van der Waals surface area contributed by atoms with Gasteiger partial charge in [0.15, 0.2) is 0 Å². The van der Waals surface area contributed by atoms with E-state index in [4.69, 9.17) is 10.5 Å². The highest BCUT2D eigenvalue weighted by Crippen LogP contribution is 2.48. The van der Waals surface area contributed by atoms with Crippen molar-refractivity contribution >= 4 is 28.8 Å². The summed E-state index contributed by atoms with van der Waals surface area (Å²) in [6, 6.07) is 6.37. The first kappa shape index (κ1) is 20.8. The van der Waals surface area contributed by atoms with Gasteiger partial charge in [-0.05, 0) is 50.3 Å². The smallest absolute Gasteiger partial charge is 0.389 e. The molecule has 1 aliphatic heterocycles. The zero-order valence-corrected chi connectivity index (χ0v) is 17.3. The van der Waals surface area contributed by atoms with Crippen LogP contribution in [0.25, 0.3) is 10.9 Å². The predicted octanol–water partition coefficient (Wildman–Crippen LogP) is 1.86. The quantitative estimate of drug-likeness (QED) is 0.726. The SMILES string of the molecule is CC(C)=C(F)CNC(=O)[C@@H]1C[C@H]2C[C@H]2N1C(=O)Cn1nc(OC(N)=O)c2ccccc21. The summed E-state index contributed by atoms with van der Waals surface area (Å²) < 4.78 is 20.2. The lowest BCUT2D eigenvalue weighted by Gasteiger charge is -2.27. The van der Waals surface area contributed by atoms with Gasteiger partial charge in [0.25, 0.3) is 5.88 Å². The summed E-state index contributed by atoms with van der Waals surface area (Å²) in [5.74, 6) is -0.713. The Hall–Kier alpha value is -3.43. The van der Waals surface area contributed by atoms with E-state index in [2.05, 4.69) is 10.4 Å². The highest BCUT2D eigenvalue weighted by Gasteiger charge is 2.55. The molecule has 9 nitrogen and oxygen atoms in total. The second kappa shape index (κ2) is 8.01. The second-order valence-corrected chi connectivity index (χ2v) is 8.14. The van der Waals surface area contributed by atoms with Crippen molar-refractivity contribution in [2.45, 2.75) is 45.3 Å². The van der Waals surface area contributed by atoms with Gasteiger partial charge in [-0.2, -0.15) is 0 Å². The van der Waals surface area contributed by atoms with Crippen molar-refractivity contribution in [1.29, 1.82) is 0 Å². The second-order valence-electron chi connectivity index (χ2n) is 8.14. The summed E-state index contributed by atoms with van der Waals surface area (Å²) in [5, 5.41) is 7.36. The number of hydrogen-bond donors (Lipinski definition) is 2. The molecule has 0 bridgehead atoms. The topological polar surface area (TPSA) is 120 Å². The Labute approximate surface area is 178 Å². The zero-order chi connectivity index (χ0) is 22.3. The normalized spacial score (nSPS) is 21.5. The summed E-state index contributed by atoms with van der Waals surface area (Å²) in [6.45, 7) is 2.95. The molecule has 3 atom stereocenters. The Balaban J connectivity index is 1.52. The first-order valence-corrected chi connectivity index (χ1v) is 10.1. The van der Waals surface area contributed by atoms with E-state index in [0.717, 1.165) is 6.42 Å². The van der Waals surface area contributed by atoms with Gasteiger partial charge in [0, 0.05) is 6.04 Å². The van der Waals surface area contributed by atoms with Gasteiger partial charge >= 0.3 is 6.09 Å². The van der Waals surface area contributed by atoms with Gasteiger partial charge in [0.1, 0.15) is 18.4 Å². The van der Waals surface area contributed by atoms with Crippen LogP contribution in [0.5, 0.6) is 5.88 Å². The minimum Gasteiger partial charge on any atom is -0.389 e. The number of carbonyl (C=O) groups excluding carboxylic acids is 3. The lowest BCUT2D eigenvalue weighted by Crippen LogP contribution is -2.49. The standard InChI is InChI=1S/C21H24FN5O4/c1-11(2)14(22)9-24-19(29)17-8-12-7-16(12)27(17)18(28)10-26-15-6-4-3-5-13(15)20(25-26)31-21(23)30/h3-6,12,16-17H,7-10H2,1-2H3,(H2,23,30)(H,24,29)/t12-,16-,17+/m1/s1. The molecule has 2 fully saturated rings. The number of nitrogens with two attached hydrogens (primary N) is 1. The number of rotatable bonds is 6. The third kappa shape index (κ3) is 4.10. The van der Waals surface area contributed by atoms with Gasteiger partial charge in [-0.25, -0.2) is 9.18 Å². The average Bonchev–Trinajstić information content (AvgIpc) is 3.26. The number of primary amides is 1. The minimum atomic E-state index is -0.998. The molecule has 164 valence electrons. The molecular formula is C21H24FN5O4. The van der Waals surface area contributed by atoms with Crippen LogP contribution in [0.1, 0.15) is 26.7 Å². The number of allylic oxidation sites excluding steroid dienone is 1. The van der Waals surface area contributed by atoms with Gasteiger partial charge in [0.2, 0.25) is 11.8 Å². The Morgan fingerprint density at radius 2 is 2.00 bits per heavy atom. The number of para-hydroxylation sites is 1. The monoisotopic (exact) mass is 429 g/mol. The number of nitrogens with zero attached hydrogens (tertiary/aromatic N) is 3. The Kier molecular flexibility index (Phi) is 5.38. The molecule has 1 aromatic heterocycles. The molecule has 1 saturated carbocycles. The molecule has 10 heteroatoms. The van der Waals surface area contributed by atoms with Crippen molar-refractivity contribution in [1.82, 2.24) is 20.0 Å². The first-order valence-electron chi connectivity index (χ1n) is 10.1. The maximum atomic E-state index is 13.8. The molecule has 2 aliphatic rings. The molecule has 1 saturated heterocycles. The van der Waals surface area contributed by atoms with Crippen molar-refractivity contribution in [3.63, 3.8) is 0 Å². The van der Waals surface area contributed by atoms with Crippen molar-refractivity contribution in [2.75, 3.05) is 6.54 Å². The molecule has 0 unspecified atom stereocenters. The number of fused-ring (bicyclic) bond motifs is 2. The largest absolute Gasteiger partial charge is 0.411 e. The average molecular weight is 429 g/mol. The minimum absolute atomic E-state index is 0.0136. The van der Waals surface area contributed by atoms with Gasteiger partial charge in [-0.1, -0.05) is 12.1 Å². The van der Waals surface area contributed by atoms with Crippen LogP contribution in [-0.2, 0) is 16.1 Å². The zero-order valence-electron chi connectivity index (χ0n) is 17.3. The third-order valence-electron chi connectivity index (χ3n) is 5.76. The Morgan fingerprint density at radius 3 is 2.71 bits per heavy atom. The fourth-order valence-electron chi connectivity index (χ4n) is 4.11. The first-order chi connectivity index (χ1) is 14.8. The molecule has 2 heterocycles. The molecule has 0 spiro atoms. The van der Waals surface area contributed by atoms with Crippen molar-refractivity contribution in [3.8, 4) is 5.88 Å². The lowest BCUT2D eigenvalue weighted by molar-refractivity contribution is -0.140. The highest BCUT2D eigenvalue weighted by atomic mass is 19.1. The van der Waals surface area contributed by atoms with E-state index in [-0.39, 0.29) is 48.6 Å². The van der Waals surface area contributed by atoms with E-state index in [1.54, 1.807) is 43.0 Å². The van der Waals surface area contributed by atoms with Gasteiger partial charge in [-0.3, -0.25) is 14.3 Å². The van der Waals surface area contributed by atoms with E-state index in [1.807, 2.05) is 0 Å². The van der Waals surface area contributed by atoms with Gasteiger partial charge in [0.05, 0.1) is 17.4 Å². The Morgan fingerprint density at radius 1 is 1.26 bits per heavy atom. The van der Waals surface area contributed by atoms with E-state index < -0.39 is 12.1 Å².